The molecule has 5 rings (SSSR count). The quantitative estimate of drug-likeness (QED) is 0.801. The number of benzene rings is 2. The van der Waals surface area contributed by atoms with Crippen molar-refractivity contribution in [3.63, 3.8) is 0 Å². The molecule has 3 nitrogen and oxygen atoms in total. The van der Waals surface area contributed by atoms with Crippen LogP contribution in [0.15, 0.2) is 65.8 Å². The largest absolute Gasteiger partial charge is 0.383 e. The lowest BCUT2D eigenvalue weighted by Gasteiger charge is -2.39. The van der Waals surface area contributed by atoms with E-state index in [0.29, 0.717) is 5.92 Å². The smallest absolute Gasteiger partial charge is 0.177 e. The van der Waals surface area contributed by atoms with Gasteiger partial charge >= 0.3 is 0 Å². The molecule has 2 bridgehead atoms. The van der Waals surface area contributed by atoms with Crippen molar-refractivity contribution in [3.05, 3.63) is 71.8 Å². The molecule has 3 aliphatic heterocycles. The van der Waals surface area contributed by atoms with Crippen molar-refractivity contribution in [2.75, 3.05) is 19.6 Å². The van der Waals surface area contributed by atoms with Crippen molar-refractivity contribution in [3.8, 4) is 0 Å². The molecule has 0 N–H and O–H groups in total. The molecule has 0 amide bonds. The van der Waals surface area contributed by atoms with Gasteiger partial charge in [0.05, 0.1) is 5.71 Å². The molecule has 0 aromatic heterocycles. The van der Waals surface area contributed by atoms with Gasteiger partial charge in [0.25, 0.3) is 0 Å². The zero-order valence-corrected chi connectivity index (χ0v) is 13.3. The van der Waals surface area contributed by atoms with Crippen molar-refractivity contribution >= 4 is 5.71 Å². The van der Waals surface area contributed by atoms with E-state index in [1.54, 1.807) is 0 Å². The van der Waals surface area contributed by atoms with Crippen LogP contribution in [0.1, 0.15) is 30.1 Å². The van der Waals surface area contributed by atoms with Gasteiger partial charge in [-0.2, -0.15) is 0 Å². The normalized spacial score (nSPS) is 25.0. The molecule has 3 saturated heterocycles. The minimum atomic E-state index is -0.139. The zero-order chi connectivity index (χ0) is 15.5. The lowest BCUT2D eigenvalue weighted by molar-refractivity contribution is 0.0799. The lowest BCUT2D eigenvalue weighted by atomic mass is 9.87. The second-order valence-electron chi connectivity index (χ2n) is 6.44. The van der Waals surface area contributed by atoms with E-state index in [9.17, 15) is 0 Å². The third kappa shape index (κ3) is 3.15. The van der Waals surface area contributed by atoms with Crippen LogP contribution in [-0.4, -0.2) is 30.2 Å². The number of nitrogens with zero attached hydrogens (tertiary/aromatic N) is 2. The molecule has 118 valence electrons. The summed E-state index contributed by atoms with van der Waals surface area (Å²) in [5, 5.41) is 4.59. The van der Waals surface area contributed by atoms with Gasteiger partial charge in [-0.05, 0) is 37.1 Å². The summed E-state index contributed by atoms with van der Waals surface area (Å²) in [6, 6.07) is 20.7. The molecule has 0 aliphatic carbocycles. The van der Waals surface area contributed by atoms with Gasteiger partial charge in [0.1, 0.15) is 0 Å². The number of fused-ring (bicyclic) bond motifs is 3. The lowest BCUT2D eigenvalue weighted by Crippen LogP contribution is -2.48. The molecule has 23 heavy (non-hydrogen) atoms. The SMILES string of the molecule is c1ccc(C(O/N=C2\CN3CCC2CC3)c2ccccc2)cc1. The van der Waals surface area contributed by atoms with Gasteiger partial charge in [-0.3, -0.25) is 4.90 Å². The average Bonchev–Trinajstić information content (AvgIpc) is 2.65. The molecule has 0 atom stereocenters. The minimum absolute atomic E-state index is 0.139. The first kappa shape index (κ1) is 14.5. The second kappa shape index (κ2) is 6.55. The Morgan fingerprint density at radius 1 is 0.870 bits per heavy atom. The highest BCUT2D eigenvalue weighted by Crippen LogP contribution is 2.29. The van der Waals surface area contributed by atoms with Gasteiger partial charge in [0.2, 0.25) is 0 Å². The maximum Gasteiger partial charge on any atom is 0.177 e. The topological polar surface area (TPSA) is 24.8 Å². The summed E-state index contributed by atoms with van der Waals surface area (Å²) >= 11 is 0. The molecule has 2 aromatic carbocycles. The van der Waals surface area contributed by atoms with Crippen molar-refractivity contribution in [2.24, 2.45) is 11.1 Å². The van der Waals surface area contributed by atoms with Crippen LogP contribution >= 0.6 is 0 Å². The number of rotatable bonds is 4. The summed E-state index contributed by atoms with van der Waals surface area (Å²) in [4.78, 5) is 8.54. The molecule has 3 aliphatic rings. The molecule has 0 spiro atoms. The molecule has 0 saturated carbocycles. The Kier molecular flexibility index (Phi) is 4.12. The first-order valence-corrected chi connectivity index (χ1v) is 8.45. The minimum Gasteiger partial charge on any atom is -0.383 e. The van der Waals surface area contributed by atoms with E-state index in [-0.39, 0.29) is 6.10 Å². The molecule has 3 heterocycles. The molecule has 0 radical (unpaired) electrons. The summed E-state index contributed by atoms with van der Waals surface area (Å²) in [6.07, 6.45) is 2.31. The van der Waals surface area contributed by atoms with Crippen LogP contribution in [-0.2, 0) is 4.84 Å². The Balaban J connectivity index is 1.59. The zero-order valence-electron chi connectivity index (χ0n) is 13.3. The van der Waals surface area contributed by atoms with Gasteiger partial charge in [-0.15, -0.1) is 0 Å². The van der Waals surface area contributed by atoms with Crippen LogP contribution in [0.5, 0.6) is 0 Å². The standard InChI is InChI=1S/C20H22N2O/c1-3-7-17(8-4-1)20(18-9-5-2-6-10-18)23-21-19-15-22-13-11-16(19)12-14-22/h1-10,16,20H,11-15H2/b21-19+. The maximum absolute atomic E-state index is 6.07. The molecule has 2 aromatic rings. The van der Waals surface area contributed by atoms with Crippen molar-refractivity contribution in [1.82, 2.24) is 4.90 Å². The van der Waals surface area contributed by atoms with Gasteiger partial charge in [0, 0.05) is 12.5 Å². The van der Waals surface area contributed by atoms with Crippen molar-refractivity contribution < 1.29 is 4.84 Å². The Hall–Kier alpha value is -2.13. The second-order valence-corrected chi connectivity index (χ2v) is 6.44. The predicted octanol–water partition coefficient (Wildman–Crippen LogP) is 3.87. The van der Waals surface area contributed by atoms with E-state index in [0.717, 1.165) is 17.7 Å². The van der Waals surface area contributed by atoms with E-state index in [1.807, 2.05) is 12.1 Å². The van der Waals surface area contributed by atoms with Gasteiger partial charge in [-0.25, -0.2) is 0 Å². The number of hydrogen-bond acceptors (Lipinski definition) is 3. The average molecular weight is 306 g/mol. The highest BCUT2D eigenvalue weighted by Gasteiger charge is 2.31. The van der Waals surface area contributed by atoms with Crippen LogP contribution in [0.3, 0.4) is 0 Å². The maximum atomic E-state index is 6.07. The fourth-order valence-electron chi connectivity index (χ4n) is 3.58. The third-order valence-corrected chi connectivity index (χ3v) is 4.92. The number of oxime groups is 1. The van der Waals surface area contributed by atoms with Crippen LogP contribution in [0.4, 0.5) is 0 Å². The van der Waals surface area contributed by atoms with Gasteiger partial charge in [0.15, 0.2) is 6.10 Å². The predicted molar refractivity (Wildman–Crippen MR) is 92.4 cm³/mol. The number of piperidine rings is 3. The van der Waals surface area contributed by atoms with Crippen molar-refractivity contribution in [2.45, 2.75) is 18.9 Å². The van der Waals surface area contributed by atoms with E-state index >= 15 is 0 Å². The van der Waals surface area contributed by atoms with Gasteiger partial charge < -0.3 is 4.84 Å². The fraction of sp³-hybridized carbons (Fsp3) is 0.350. The molecular weight excluding hydrogens is 284 g/mol. The Bertz CT molecular complexity index is 621. The molecule has 0 unspecified atom stereocenters. The van der Waals surface area contributed by atoms with E-state index < -0.39 is 0 Å². The molecular formula is C20H22N2O. The Labute approximate surface area is 137 Å². The highest BCUT2D eigenvalue weighted by atomic mass is 16.6. The van der Waals surface area contributed by atoms with Crippen molar-refractivity contribution in [1.29, 1.82) is 0 Å². The summed E-state index contributed by atoms with van der Waals surface area (Å²) < 4.78 is 0. The molecule has 3 fully saturated rings. The Morgan fingerprint density at radius 3 is 1.91 bits per heavy atom. The van der Waals surface area contributed by atoms with E-state index in [4.69, 9.17) is 4.84 Å². The molecule has 3 heteroatoms. The number of hydrogen-bond donors (Lipinski definition) is 0. The van der Waals surface area contributed by atoms with Crippen LogP contribution < -0.4 is 0 Å². The summed E-state index contributed by atoms with van der Waals surface area (Å²) in [5.41, 5.74) is 3.51. The van der Waals surface area contributed by atoms with Crippen LogP contribution in [0.2, 0.25) is 0 Å². The van der Waals surface area contributed by atoms with E-state index in [2.05, 4.69) is 58.6 Å². The third-order valence-electron chi connectivity index (χ3n) is 4.92. The van der Waals surface area contributed by atoms with E-state index in [1.165, 1.54) is 31.6 Å². The fourth-order valence-corrected chi connectivity index (χ4v) is 3.58. The summed E-state index contributed by atoms with van der Waals surface area (Å²) in [5.74, 6) is 0.618. The van der Waals surface area contributed by atoms with Gasteiger partial charge in [-0.1, -0.05) is 65.8 Å². The van der Waals surface area contributed by atoms with Crippen LogP contribution in [0.25, 0.3) is 0 Å². The Morgan fingerprint density at radius 2 is 1.43 bits per heavy atom. The van der Waals surface area contributed by atoms with Crippen LogP contribution in [0, 0.1) is 5.92 Å². The summed E-state index contributed by atoms with van der Waals surface area (Å²) in [6.45, 7) is 3.40. The first-order valence-electron chi connectivity index (χ1n) is 8.45. The summed E-state index contributed by atoms with van der Waals surface area (Å²) in [7, 11) is 0. The highest BCUT2D eigenvalue weighted by molar-refractivity contribution is 5.89. The monoisotopic (exact) mass is 306 g/mol. The first-order chi connectivity index (χ1) is 11.4.